The van der Waals surface area contributed by atoms with Gasteiger partial charge in [0.1, 0.15) is 6.04 Å². The number of carbonyl (C=O) groups excluding carboxylic acids is 1. The Morgan fingerprint density at radius 3 is 2.52 bits per heavy atom. The predicted molar refractivity (Wildman–Crippen MR) is 91.3 cm³/mol. The number of benzene rings is 2. The SMILES string of the molecule is CCOC(=O)C(Cc1ccccc1)Nc1cccc(COC)c1. The van der Waals surface area contributed by atoms with E-state index in [1.165, 1.54) is 0 Å². The van der Waals surface area contributed by atoms with Crippen molar-refractivity contribution in [1.29, 1.82) is 0 Å². The van der Waals surface area contributed by atoms with E-state index in [4.69, 9.17) is 9.47 Å². The summed E-state index contributed by atoms with van der Waals surface area (Å²) in [6, 6.07) is 17.4. The van der Waals surface area contributed by atoms with Gasteiger partial charge >= 0.3 is 5.97 Å². The van der Waals surface area contributed by atoms with Crippen molar-refractivity contribution < 1.29 is 14.3 Å². The summed E-state index contributed by atoms with van der Waals surface area (Å²) in [5.74, 6) is -0.242. The molecule has 2 rings (SSSR count). The van der Waals surface area contributed by atoms with Crippen molar-refractivity contribution in [1.82, 2.24) is 0 Å². The number of carbonyl (C=O) groups is 1. The third-order valence-electron chi connectivity index (χ3n) is 3.43. The van der Waals surface area contributed by atoms with Gasteiger partial charge in [-0.25, -0.2) is 4.79 Å². The summed E-state index contributed by atoms with van der Waals surface area (Å²) in [4.78, 5) is 12.3. The average molecular weight is 313 g/mol. The lowest BCUT2D eigenvalue weighted by Gasteiger charge is -2.19. The van der Waals surface area contributed by atoms with Crippen LogP contribution in [-0.2, 0) is 27.3 Å². The Bertz CT molecular complexity index is 613. The van der Waals surface area contributed by atoms with Crippen molar-refractivity contribution in [3.8, 4) is 0 Å². The van der Waals surface area contributed by atoms with Gasteiger partial charge in [-0.15, -0.1) is 0 Å². The maximum absolute atomic E-state index is 12.3. The number of rotatable bonds is 8. The Hall–Kier alpha value is -2.33. The van der Waals surface area contributed by atoms with Crippen molar-refractivity contribution in [2.45, 2.75) is 26.0 Å². The van der Waals surface area contributed by atoms with E-state index in [9.17, 15) is 4.79 Å². The molecule has 122 valence electrons. The molecular weight excluding hydrogens is 290 g/mol. The van der Waals surface area contributed by atoms with Gasteiger partial charge in [-0.1, -0.05) is 42.5 Å². The minimum Gasteiger partial charge on any atom is -0.464 e. The molecule has 0 aliphatic rings. The van der Waals surface area contributed by atoms with E-state index in [2.05, 4.69) is 5.32 Å². The fourth-order valence-electron chi connectivity index (χ4n) is 2.40. The van der Waals surface area contributed by atoms with Gasteiger partial charge < -0.3 is 14.8 Å². The Balaban J connectivity index is 2.13. The Kier molecular flexibility index (Phi) is 6.63. The van der Waals surface area contributed by atoms with Crippen LogP contribution in [0.2, 0.25) is 0 Å². The minimum atomic E-state index is -0.421. The summed E-state index contributed by atoms with van der Waals surface area (Å²) >= 11 is 0. The van der Waals surface area contributed by atoms with E-state index in [-0.39, 0.29) is 5.97 Å². The normalized spacial score (nSPS) is 11.7. The second-order valence-corrected chi connectivity index (χ2v) is 5.27. The van der Waals surface area contributed by atoms with Crippen molar-refractivity contribution >= 4 is 11.7 Å². The van der Waals surface area contributed by atoms with Gasteiger partial charge in [-0.05, 0) is 30.2 Å². The van der Waals surface area contributed by atoms with Crippen LogP contribution in [0.5, 0.6) is 0 Å². The first-order chi connectivity index (χ1) is 11.2. The zero-order valence-corrected chi connectivity index (χ0v) is 13.6. The van der Waals surface area contributed by atoms with Crippen LogP contribution in [0.4, 0.5) is 5.69 Å². The van der Waals surface area contributed by atoms with Gasteiger partial charge in [0.15, 0.2) is 0 Å². The first-order valence-corrected chi connectivity index (χ1v) is 7.78. The molecule has 0 amide bonds. The molecule has 1 unspecified atom stereocenters. The monoisotopic (exact) mass is 313 g/mol. The molecule has 0 bridgehead atoms. The highest BCUT2D eigenvalue weighted by atomic mass is 16.5. The highest BCUT2D eigenvalue weighted by molar-refractivity contribution is 5.79. The smallest absolute Gasteiger partial charge is 0.328 e. The molecule has 0 radical (unpaired) electrons. The zero-order chi connectivity index (χ0) is 16.5. The molecule has 2 aromatic rings. The number of hydrogen-bond donors (Lipinski definition) is 1. The van der Waals surface area contributed by atoms with E-state index in [0.29, 0.717) is 19.6 Å². The molecule has 0 aromatic heterocycles. The summed E-state index contributed by atoms with van der Waals surface area (Å²) in [6.07, 6.45) is 0.578. The second-order valence-electron chi connectivity index (χ2n) is 5.27. The summed E-state index contributed by atoms with van der Waals surface area (Å²) in [5, 5.41) is 3.28. The maximum Gasteiger partial charge on any atom is 0.328 e. The maximum atomic E-state index is 12.3. The molecular formula is C19H23NO3. The van der Waals surface area contributed by atoms with Crippen LogP contribution in [0.15, 0.2) is 54.6 Å². The van der Waals surface area contributed by atoms with Crippen LogP contribution >= 0.6 is 0 Å². The van der Waals surface area contributed by atoms with Crippen LogP contribution in [0.25, 0.3) is 0 Å². The lowest BCUT2D eigenvalue weighted by molar-refractivity contribution is -0.144. The minimum absolute atomic E-state index is 0.242. The van der Waals surface area contributed by atoms with Crippen molar-refractivity contribution in [3.63, 3.8) is 0 Å². The van der Waals surface area contributed by atoms with Crippen molar-refractivity contribution in [2.75, 3.05) is 19.0 Å². The summed E-state index contributed by atoms with van der Waals surface area (Å²) in [7, 11) is 1.66. The van der Waals surface area contributed by atoms with Gasteiger partial charge in [0, 0.05) is 19.2 Å². The van der Waals surface area contributed by atoms with Gasteiger partial charge in [-0.2, -0.15) is 0 Å². The number of esters is 1. The molecule has 0 spiro atoms. The van der Waals surface area contributed by atoms with Gasteiger partial charge in [0.25, 0.3) is 0 Å². The van der Waals surface area contributed by atoms with Crippen LogP contribution < -0.4 is 5.32 Å². The van der Waals surface area contributed by atoms with Gasteiger partial charge in [-0.3, -0.25) is 0 Å². The molecule has 0 aliphatic heterocycles. The fraction of sp³-hybridized carbons (Fsp3) is 0.316. The molecule has 0 saturated carbocycles. The molecule has 1 atom stereocenters. The first-order valence-electron chi connectivity index (χ1n) is 7.78. The Morgan fingerprint density at radius 1 is 1.09 bits per heavy atom. The highest BCUT2D eigenvalue weighted by Crippen LogP contribution is 2.15. The van der Waals surface area contributed by atoms with Crippen LogP contribution in [-0.4, -0.2) is 25.7 Å². The van der Waals surface area contributed by atoms with Crippen molar-refractivity contribution in [2.24, 2.45) is 0 Å². The number of anilines is 1. The van der Waals surface area contributed by atoms with Crippen LogP contribution in [0.1, 0.15) is 18.1 Å². The molecule has 0 saturated heterocycles. The first kappa shape index (κ1) is 17.0. The largest absolute Gasteiger partial charge is 0.464 e. The summed E-state index contributed by atoms with van der Waals surface area (Å²) in [6.45, 7) is 2.73. The standard InChI is InChI=1S/C19H23NO3/c1-3-23-19(21)18(13-15-8-5-4-6-9-15)20-17-11-7-10-16(12-17)14-22-2/h4-12,18,20H,3,13-14H2,1-2H3. The lowest BCUT2D eigenvalue weighted by Crippen LogP contribution is -2.33. The Morgan fingerprint density at radius 2 is 1.83 bits per heavy atom. The number of ether oxygens (including phenoxy) is 2. The Labute approximate surface area is 137 Å². The van der Waals surface area contributed by atoms with E-state index < -0.39 is 6.04 Å². The molecule has 23 heavy (non-hydrogen) atoms. The lowest BCUT2D eigenvalue weighted by atomic mass is 10.1. The molecule has 0 heterocycles. The van der Waals surface area contributed by atoms with E-state index in [0.717, 1.165) is 16.8 Å². The van der Waals surface area contributed by atoms with Gasteiger partial charge in [0.2, 0.25) is 0 Å². The molecule has 4 heteroatoms. The predicted octanol–water partition coefficient (Wildman–Crippen LogP) is 3.42. The quantitative estimate of drug-likeness (QED) is 0.759. The zero-order valence-electron chi connectivity index (χ0n) is 13.6. The molecule has 2 aromatic carbocycles. The number of methoxy groups -OCH3 is 1. The fourth-order valence-corrected chi connectivity index (χ4v) is 2.40. The summed E-state index contributed by atoms with van der Waals surface area (Å²) in [5.41, 5.74) is 3.03. The van der Waals surface area contributed by atoms with E-state index in [1.807, 2.05) is 61.5 Å². The molecule has 0 aliphatic carbocycles. The molecule has 1 N–H and O–H groups in total. The number of hydrogen-bond acceptors (Lipinski definition) is 4. The number of nitrogens with one attached hydrogen (secondary N) is 1. The third kappa shape index (κ3) is 5.42. The van der Waals surface area contributed by atoms with E-state index in [1.54, 1.807) is 7.11 Å². The topological polar surface area (TPSA) is 47.6 Å². The second kappa shape index (κ2) is 8.96. The average Bonchev–Trinajstić information content (AvgIpc) is 2.56. The van der Waals surface area contributed by atoms with Gasteiger partial charge in [0.05, 0.1) is 13.2 Å². The molecule has 4 nitrogen and oxygen atoms in total. The summed E-state index contributed by atoms with van der Waals surface area (Å²) < 4.78 is 10.4. The van der Waals surface area contributed by atoms with E-state index >= 15 is 0 Å². The van der Waals surface area contributed by atoms with Crippen molar-refractivity contribution in [3.05, 3.63) is 65.7 Å². The van der Waals surface area contributed by atoms with Crippen LogP contribution in [0.3, 0.4) is 0 Å². The van der Waals surface area contributed by atoms with Crippen LogP contribution in [0, 0.1) is 0 Å². The molecule has 0 fully saturated rings. The third-order valence-corrected chi connectivity index (χ3v) is 3.43. The highest BCUT2D eigenvalue weighted by Gasteiger charge is 2.20.